The minimum Gasteiger partial charge on any atom is -0.397 e. The van der Waals surface area contributed by atoms with Crippen molar-refractivity contribution < 1.29 is 9.53 Å². The smallest absolute Gasteiger partial charge is 0.253 e. The maximum absolute atomic E-state index is 12.1. The van der Waals surface area contributed by atoms with Crippen molar-refractivity contribution in [3.05, 3.63) is 23.3 Å². The van der Waals surface area contributed by atoms with Gasteiger partial charge in [0.1, 0.15) is 6.10 Å². The van der Waals surface area contributed by atoms with E-state index in [9.17, 15) is 4.79 Å². The van der Waals surface area contributed by atoms with Crippen molar-refractivity contribution in [2.45, 2.75) is 45.8 Å². The highest BCUT2D eigenvalue weighted by Crippen LogP contribution is 2.27. The standard InChI is InChI=1S/C14H20N2O2/c1-8-4-6-11(15)13(10(8)3)16-14(17)12-7-5-9(2)18-12/h4,6,9,12H,5,7,15H2,1-3H3,(H,16,17). The summed E-state index contributed by atoms with van der Waals surface area (Å²) in [5.41, 5.74) is 9.34. The van der Waals surface area contributed by atoms with Gasteiger partial charge in [0, 0.05) is 0 Å². The largest absolute Gasteiger partial charge is 0.397 e. The number of hydrogen-bond donors (Lipinski definition) is 2. The SMILES string of the molecule is Cc1ccc(N)c(NC(=O)C2CCC(C)O2)c1C. The molecule has 18 heavy (non-hydrogen) atoms. The van der Waals surface area contributed by atoms with Crippen LogP contribution in [-0.4, -0.2) is 18.1 Å². The summed E-state index contributed by atoms with van der Waals surface area (Å²) in [5, 5.41) is 2.89. The second kappa shape index (κ2) is 4.98. The number of nitrogens with one attached hydrogen (secondary N) is 1. The third kappa shape index (κ3) is 2.48. The van der Waals surface area contributed by atoms with E-state index in [2.05, 4.69) is 5.32 Å². The Morgan fingerprint density at radius 2 is 2.11 bits per heavy atom. The first-order valence-electron chi connectivity index (χ1n) is 6.31. The molecular formula is C14H20N2O2. The van der Waals surface area contributed by atoms with Gasteiger partial charge < -0.3 is 15.8 Å². The molecule has 2 rings (SSSR count). The number of carbonyl (C=O) groups is 1. The van der Waals surface area contributed by atoms with Crippen LogP contribution in [0.1, 0.15) is 30.9 Å². The van der Waals surface area contributed by atoms with Gasteiger partial charge in [0.05, 0.1) is 17.5 Å². The second-order valence-electron chi connectivity index (χ2n) is 4.97. The molecule has 1 aliphatic heterocycles. The zero-order valence-electron chi connectivity index (χ0n) is 11.1. The van der Waals surface area contributed by atoms with Crippen LogP contribution >= 0.6 is 0 Å². The van der Waals surface area contributed by atoms with Crippen LogP contribution < -0.4 is 11.1 Å². The Hall–Kier alpha value is -1.55. The fourth-order valence-electron chi connectivity index (χ4n) is 2.20. The molecule has 98 valence electrons. The van der Waals surface area contributed by atoms with Crippen LogP contribution in [-0.2, 0) is 9.53 Å². The first-order chi connectivity index (χ1) is 8.49. The molecule has 4 heteroatoms. The van der Waals surface area contributed by atoms with Gasteiger partial charge >= 0.3 is 0 Å². The molecule has 4 nitrogen and oxygen atoms in total. The number of hydrogen-bond acceptors (Lipinski definition) is 3. The molecule has 1 amide bonds. The Morgan fingerprint density at radius 1 is 1.39 bits per heavy atom. The van der Waals surface area contributed by atoms with Gasteiger partial charge in [-0.2, -0.15) is 0 Å². The summed E-state index contributed by atoms with van der Waals surface area (Å²) >= 11 is 0. The first kappa shape index (κ1) is 12.9. The van der Waals surface area contributed by atoms with E-state index in [0.717, 1.165) is 24.0 Å². The van der Waals surface area contributed by atoms with Crippen LogP contribution in [0.2, 0.25) is 0 Å². The number of amides is 1. The highest BCUT2D eigenvalue weighted by Gasteiger charge is 2.28. The van der Waals surface area contributed by atoms with Crippen LogP contribution in [0, 0.1) is 13.8 Å². The monoisotopic (exact) mass is 248 g/mol. The molecule has 0 spiro atoms. The summed E-state index contributed by atoms with van der Waals surface area (Å²) in [4.78, 5) is 12.1. The lowest BCUT2D eigenvalue weighted by Gasteiger charge is -2.16. The van der Waals surface area contributed by atoms with Crippen LogP contribution in [0.25, 0.3) is 0 Å². The number of rotatable bonds is 2. The van der Waals surface area contributed by atoms with Crippen LogP contribution in [0.5, 0.6) is 0 Å². The van der Waals surface area contributed by atoms with E-state index < -0.39 is 0 Å². The Labute approximate surface area is 108 Å². The van der Waals surface area contributed by atoms with Gasteiger partial charge in [-0.3, -0.25) is 4.79 Å². The Morgan fingerprint density at radius 3 is 2.72 bits per heavy atom. The van der Waals surface area contributed by atoms with E-state index in [0.29, 0.717) is 11.4 Å². The number of ether oxygens (including phenoxy) is 1. The predicted octanol–water partition coefficient (Wildman–Crippen LogP) is 2.39. The second-order valence-corrected chi connectivity index (χ2v) is 4.97. The number of anilines is 2. The molecule has 0 aliphatic carbocycles. The minimum absolute atomic E-state index is 0.0975. The van der Waals surface area contributed by atoms with Gasteiger partial charge in [0.25, 0.3) is 5.91 Å². The molecule has 2 atom stereocenters. The third-order valence-corrected chi connectivity index (χ3v) is 3.54. The highest BCUT2D eigenvalue weighted by atomic mass is 16.5. The molecule has 2 unspecified atom stereocenters. The molecular weight excluding hydrogens is 228 g/mol. The molecule has 0 saturated carbocycles. The summed E-state index contributed by atoms with van der Waals surface area (Å²) in [6.45, 7) is 5.94. The topological polar surface area (TPSA) is 64.3 Å². The molecule has 3 N–H and O–H groups in total. The predicted molar refractivity (Wildman–Crippen MR) is 72.5 cm³/mol. The quantitative estimate of drug-likeness (QED) is 0.790. The molecule has 0 aromatic heterocycles. The summed E-state index contributed by atoms with van der Waals surface area (Å²) in [6, 6.07) is 3.77. The summed E-state index contributed by atoms with van der Waals surface area (Å²) in [5.74, 6) is -0.0975. The maximum atomic E-state index is 12.1. The molecule has 1 heterocycles. The van der Waals surface area contributed by atoms with Crippen LogP contribution in [0.3, 0.4) is 0 Å². The highest BCUT2D eigenvalue weighted by molar-refractivity contribution is 5.98. The van der Waals surface area contributed by atoms with Gasteiger partial charge in [-0.1, -0.05) is 6.07 Å². The van der Waals surface area contributed by atoms with Crippen molar-refractivity contribution in [3.63, 3.8) is 0 Å². The van der Waals surface area contributed by atoms with Crippen molar-refractivity contribution in [2.24, 2.45) is 0 Å². The molecule has 1 aliphatic rings. The van der Waals surface area contributed by atoms with E-state index in [1.54, 1.807) is 0 Å². The van der Waals surface area contributed by atoms with E-state index in [1.165, 1.54) is 0 Å². The number of nitrogens with two attached hydrogens (primary N) is 1. The average Bonchev–Trinajstić information content (AvgIpc) is 2.76. The zero-order valence-corrected chi connectivity index (χ0v) is 11.1. The number of benzene rings is 1. The third-order valence-electron chi connectivity index (χ3n) is 3.54. The van der Waals surface area contributed by atoms with E-state index in [4.69, 9.17) is 10.5 Å². The summed E-state index contributed by atoms with van der Waals surface area (Å²) in [7, 11) is 0. The zero-order chi connectivity index (χ0) is 13.3. The molecule has 0 bridgehead atoms. The number of carbonyl (C=O) groups excluding carboxylic acids is 1. The lowest BCUT2D eigenvalue weighted by atomic mass is 10.1. The number of nitrogen functional groups attached to an aromatic ring is 1. The Kier molecular flexibility index (Phi) is 3.57. The normalized spacial score (nSPS) is 23.1. The van der Waals surface area contributed by atoms with Crippen molar-refractivity contribution in [1.82, 2.24) is 0 Å². The van der Waals surface area contributed by atoms with Crippen LogP contribution in [0.15, 0.2) is 12.1 Å². The van der Waals surface area contributed by atoms with E-state index in [-0.39, 0.29) is 18.1 Å². The molecule has 0 radical (unpaired) electrons. The molecule has 1 aromatic carbocycles. The first-order valence-corrected chi connectivity index (χ1v) is 6.31. The lowest BCUT2D eigenvalue weighted by Crippen LogP contribution is -2.28. The van der Waals surface area contributed by atoms with E-state index in [1.807, 2.05) is 32.9 Å². The molecule has 1 aromatic rings. The van der Waals surface area contributed by atoms with E-state index >= 15 is 0 Å². The van der Waals surface area contributed by atoms with Gasteiger partial charge in [-0.15, -0.1) is 0 Å². The van der Waals surface area contributed by atoms with Crippen molar-refractivity contribution in [1.29, 1.82) is 0 Å². The summed E-state index contributed by atoms with van der Waals surface area (Å²) in [6.07, 6.45) is 1.52. The Balaban J connectivity index is 2.14. The summed E-state index contributed by atoms with van der Waals surface area (Å²) < 4.78 is 5.55. The van der Waals surface area contributed by atoms with Crippen molar-refractivity contribution >= 4 is 17.3 Å². The molecule has 1 fully saturated rings. The van der Waals surface area contributed by atoms with Gasteiger partial charge in [-0.05, 0) is 50.8 Å². The van der Waals surface area contributed by atoms with Gasteiger partial charge in [0.2, 0.25) is 0 Å². The maximum Gasteiger partial charge on any atom is 0.253 e. The molecule has 1 saturated heterocycles. The number of aryl methyl sites for hydroxylation is 1. The Bertz CT molecular complexity index is 471. The lowest BCUT2D eigenvalue weighted by molar-refractivity contribution is -0.126. The van der Waals surface area contributed by atoms with Crippen molar-refractivity contribution in [2.75, 3.05) is 11.1 Å². The van der Waals surface area contributed by atoms with Gasteiger partial charge in [-0.25, -0.2) is 0 Å². The van der Waals surface area contributed by atoms with Crippen molar-refractivity contribution in [3.8, 4) is 0 Å². The van der Waals surface area contributed by atoms with Gasteiger partial charge in [0.15, 0.2) is 0 Å². The fraction of sp³-hybridized carbons (Fsp3) is 0.500. The average molecular weight is 248 g/mol. The van der Waals surface area contributed by atoms with Crippen LogP contribution in [0.4, 0.5) is 11.4 Å². The fourth-order valence-corrected chi connectivity index (χ4v) is 2.20. The minimum atomic E-state index is -0.348.